The van der Waals surface area contributed by atoms with Crippen molar-refractivity contribution in [2.24, 2.45) is 0 Å². The standard InChI is InChI=1S/C17H16Cl2N4OS/c1-10-15(17(24)21-8-13-7-20-11(2)25-13)16(19)23(22-10)9-12-5-3-4-6-14(12)18/h3-7H,8-9H2,1-2H3,(H,21,24). The number of rotatable bonds is 5. The number of nitrogens with one attached hydrogen (secondary N) is 1. The predicted octanol–water partition coefficient (Wildman–Crippen LogP) is 4.24. The molecule has 130 valence electrons. The summed E-state index contributed by atoms with van der Waals surface area (Å²) in [5.41, 5.74) is 1.85. The van der Waals surface area contributed by atoms with Crippen molar-refractivity contribution in [3.63, 3.8) is 0 Å². The summed E-state index contributed by atoms with van der Waals surface area (Å²) in [6.07, 6.45) is 1.76. The number of nitrogens with zero attached hydrogens (tertiary/aromatic N) is 3. The van der Waals surface area contributed by atoms with E-state index in [0.717, 1.165) is 15.4 Å². The van der Waals surface area contributed by atoms with E-state index in [0.29, 0.717) is 34.5 Å². The second-order valence-electron chi connectivity index (χ2n) is 5.53. The van der Waals surface area contributed by atoms with Crippen LogP contribution in [0.5, 0.6) is 0 Å². The van der Waals surface area contributed by atoms with Crippen molar-refractivity contribution < 1.29 is 4.79 Å². The van der Waals surface area contributed by atoms with Crippen LogP contribution < -0.4 is 5.32 Å². The van der Waals surface area contributed by atoms with E-state index < -0.39 is 0 Å². The summed E-state index contributed by atoms with van der Waals surface area (Å²) in [7, 11) is 0. The lowest BCUT2D eigenvalue weighted by Gasteiger charge is -2.06. The van der Waals surface area contributed by atoms with E-state index in [-0.39, 0.29) is 5.91 Å². The van der Waals surface area contributed by atoms with Gasteiger partial charge in [0.2, 0.25) is 0 Å². The highest BCUT2D eigenvalue weighted by Gasteiger charge is 2.20. The molecule has 0 aliphatic rings. The van der Waals surface area contributed by atoms with Crippen LogP contribution in [0.2, 0.25) is 10.2 Å². The summed E-state index contributed by atoms with van der Waals surface area (Å²) < 4.78 is 1.59. The second-order valence-corrected chi connectivity index (χ2v) is 7.61. The van der Waals surface area contributed by atoms with E-state index in [9.17, 15) is 4.79 Å². The minimum absolute atomic E-state index is 0.251. The van der Waals surface area contributed by atoms with E-state index in [2.05, 4.69) is 15.4 Å². The molecule has 3 aromatic rings. The zero-order chi connectivity index (χ0) is 18.0. The number of hydrogen-bond acceptors (Lipinski definition) is 4. The molecule has 0 bridgehead atoms. The molecule has 0 saturated heterocycles. The van der Waals surface area contributed by atoms with Crippen LogP contribution in [0.4, 0.5) is 0 Å². The van der Waals surface area contributed by atoms with E-state index in [4.69, 9.17) is 23.2 Å². The molecule has 0 unspecified atom stereocenters. The van der Waals surface area contributed by atoms with Crippen LogP contribution in [0, 0.1) is 13.8 Å². The molecule has 0 spiro atoms. The van der Waals surface area contributed by atoms with Gasteiger partial charge >= 0.3 is 0 Å². The Morgan fingerprint density at radius 2 is 2.04 bits per heavy atom. The maximum absolute atomic E-state index is 12.5. The van der Waals surface area contributed by atoms with Gasteiger partial charge in [-0.1, -0.05) is 41.4 Å². The molecule has 5 nitrogen and oxygen atoms in total. The van der Waals surface area contributed by atoms with E-state index in [1.165, 1.54) is 0 Å². The van der Waals surface area contributed by atoms with Gasteiger partial charge < -0.3 is 5.32 Å². The predicted molar refractivity (Wildman–Crippen MR) is 101 cm³/mol. The Bertz CT molecular complexity index is 919. The van der Waals surface area contributed by atoms with Gasteiger partial charge in [-0.25, -0.2) is 9.67 Å². The van der Waals surface area contributed by atoms with Crippen LogP contribution in [0.25, 0.3) is 0 Å². The summed E-state index contributed by atoms with van der Waals surface area (Å²) in [6, 6.07) is 7.48. The average molecular weight is 395 g/mol. The van der Waals surface area contributed by atoms with Crippen LogP contribution in [0.15, 0.2) is 30.5 Å². The van der Waals surface area contributed by atoms with Gasteiger partial charge in [-0.05, 0) is 25.5 Å². The fourth-order valence-electron chi connectivity index (χ4n) is 2.45. The Labute approximate surface area is 159 Å². The van der Waals surface area contributed by atoms with Gasteiger partial charge in [0, 0.05) is 16.1 Å². The zero-order valence-electron chi connectivity index (χ0n) is 13.7. The third kappa shape index (κ3) is 4.03. The zero-order valence-corrected chi connectivity index (χ0v) is 16.0. The third-order valence-electron chi connectivity index (χ3n) is 3.66. The molecule has 1 N–H and O–H groups in total. The van der Waals surface area contributed by atoms with Crippen LogP contribution in [0.3, 0.4) is 0 Å². The molecule has 0 saturated carbocycles. The highest BCUT2D eigenvalue weighted by molar-refractivity contribution is 7.11. The lowest BCUT2D eigenvalue weighted by atomic mass is 10.2. The molecule has 0 fully saturated rings. The van der Waals surface area contributed by atoms with E-state index >= 15 is 0 Å². The summed E-state index contributed by atoms with van der Waals surface area (Å²) >= 11 is 14.1. The van der Waals surface area contributed by atoms with Crippen LogP contribution >= 0.6 is 34.5 Å². The monoisotopic (exact) mass is 394 g/mol. The van der Waals surface area contributed by atoms with Crippen LogP contribution in [-0.4, -0.2) is 20.7 Å². The second kappa shape index (κ2) is 7.56. The molecular weight excluding hydrogens is 379 g/mol. The molecule has 2 aromatic heterocycles. The minimum Gasteiger partial charge on any atom is -0.347 e. The fourth-order valence-corrected chi connectivity index (χ4v) is 3.70. The Hall–Kier alpha value is -1.89. The Morgan fingerprint density at radius 1 is 1.28 bits per heavy atom. The van der Waals surface area contributed by atoms with Crippen LogP contribution in [0.1, 0.15) is 31.5 Å². The van der Waals surface area contributed by atoms with Crippen molar-refractivity contribution in [3.05, 3.63) is 67.3 Å². The van der Waals surface area contributed by atoms with Gasteiger partial charge in [0.1, 0.15) is 5.15 Å². The lowest BCUT2D eigenvalue weighted by Crippen LogP contribution is -2.23. The lowest BCUT2D eigenvalue weighted by molar-refractivity contribution is 0.0951. The molecule has 8 heteroatoms. The molecule has 3 rings (SSSR count). The van der Waals surface area contributed by atoms with Gasteiger partial charge in [-0.2, -0.15) is 5.10 Å². The number of aromatic nitrogens is 3. The molecular formula is C17H16Cl2N4OS. The number of benzene rings is 1. The number of amides is 1. The molecule has 1 amide bonds. The Kier molecular flexibility index (Phi) is 5.42. The molecule has 0 atom stereocenters. The van der Waals surface area contributed by atoms with Gasteiger partial charge in [0.25, 0.3) is 5.91 Å². The average Bonchev–Trinajstić information content (AvgIpc) is 3.11. The maximum Gasteiger partial charge on any atom is 0.256 e. The van der Waals surface area contributed by atoms with E-state index in [1.54, 1.807) is 29.1 Å². The number of carbonyl (C=O) groups excluding carboxylic acids is 1. The summed E-state index contributed by atoms with van der Waals surface area (Å²) in [4.78, 5) is 17.7. The van der Waals surface area contributed by atoms with Gasteiger partial charge in [-0.15, -0.1) is 11.3 Å². The smallest absolute Gasteiger partial charge is 0.256 e. The van der Waals surface area contributed by atoms with Crippen molar-refractivity contribution in [2.45, 2.75) is 26.9 Å². The first-order chi connectivity index (χ1) is 12.0. The van der Waals surface area contributed by atoms with Gasteiger partial charge in [-0.3, -0.25) is 4.79 Å². The minimum atomic E-state index is -0.251. The maximum atomic E-state index is 12.5. The highest BCUT2D eigenvalue weighted by Crippen LogP contribution is 2.23. The van der Waals surface area contributed by atoms with E-state index in [1.807, 2.05) is 31.2 Å². The molecule has 1 aromatic carbocycles. The van der Waals surface area contributed by atoms with Gasteiger partial charge in [0.05, 0.1) is 29.4 Å². The fraction of sp³-hybridized carbons (Fsp3) is 0.235. The third-order valence-corrected chi connectivity index (χ3v) is 5.33. The van der Waals surface area contributed by atoms with Crippen LogP contribution in [-0.2, 0) is 13.1 Å². The van der Waals surface area contributed by atoms with Gasteiger partial charge in [0.15, 0.2) is 0 Å². The number of hydrogen-bond donors (Lipinski definition) is 1. The number of thiazole rings is 1. The molecule has 25 heavy (non-hydrogen) atoms. The molecule has 2 heterocycles. The first-order valence-corrected chi connectivity index (χ1v) is 9.18. The summed E-state index contributed by atoms with van der Waals surface area (Å²) in [6.45, 7) is 4.51. The SMILES string of the molecule is Cc1ncc(CNC(=O)c2c(C)nn(Cc3ccccc3Cl)c2Cl)s1. The number of carbonyl (C=O) groups is 1. The number of aryl methyl sites for hydroxylation is 2. The Balaban J connectivity index is 1.77. The topological polar surface area (TPSA) is 59.8 Å². The van der Waals surface area contributed by atoms with Crippen molar-refractivity contribution in [3.8, 4) is 0 Å². The Morgan fingerprint density at radius 3 is 2.72 bits per heavy atom. The number of halogens is 2. The van der Waals surface area contributed by atoms with Crippen molar-refractivity contribution in [1.82, 2.24) is 20.1 Å². The van der Waals surface area contributed by atoms with Crippen molar-refractivity contribution in [2.75, 3.05) is 0 Å². The first-order valence-electron chi connectivity index (χ1n) is 7.61. The first kappa shape index (κ1) is 17.9. The molecule has 0 aliphatic carbocycles. The summed E-state index contributed by atoms with van der Waals surface area (Å²) in [5, 5.41) is 9.15. The molecule has 0 radical (unpaired) electrons. The quantitative estimate of drug-likeness (QED) is 0.703. The largest absolute Gasteiger partial charge is 0.347 e. The molecule has 0 aliphatic heterocycles. The van der Waals surface area contributed by atoms with Crippen molar-refractivity contribution >= 4 is 40.4 Å². The normalized spacial score (nSPS) is 10.9. The van der Waals surface area contributed by atoms with Crippen molar-refractivity contribution in [1.29, 1.82) is 0 Å². The summed E-state index contributed by atoms with van der Waals surface area (Å²) in [5.74, 6) is -0.251. The highest BCUT2D eigenvalue weighted by atomic mass is 35.5.